The summed E-state index contributed by atoms with van der Waals surface area (Å²) in [6, 6.07) is 10.2. The van der Waals surface area contributed by atoms with E-state index >= 15 is 0 Å². The van der Waals surface area contributed by atoms with Crippen molar-refractivity contribution >= 4 is 28.0 Å². The molecule has 1 N–H and O–H groups in total. The molecule has 28 heavy (non-hydrogen) atoms. The van der Waals surface area contributed by atoms with Gasteiger partial charge in [0.2, 0.25) is 0 Å². The highest BCUT2D eigenvalue weighted by molar-refractivity contribution is 7.17. The van der Waals surface area contributed by atoms with Crippen molar-refractivity contribution in [2.75, 3.05) is 5.32 Å². The first kappa shape index (κ1) is 18.1. The average Bonchev–Trinajstić information content (AvgIpc) is 3.17. The molecule has 0 aliphatic heterocycles. The highest BCUT2D eigenvalue weighted by atomic mass is 32.1. The number of carbonyl (C=O) groups excluding carboxylic acids is 2. The van der Waals surface area contributed by atoms with Gasteiger partial charge in [-0.15, -0.1) is 11.3 Å². The molecule has 2 heterocycles. The van der Waals surface area contributed by atoms with Crippen LogP contribution in [0.15, 0.2) is 24.3 Å². The topological polar surface area (TPSA) is 87.8 Å². The van der Waals surface area contributed by atoms with Crippen molar-refractivity contribution in [3.63, 3.8) is 0 Å². The van der Waals surface area contributed by atoms with Crippen LogP contribution in [0.25, 0.3) is 11.1 Å². The lowest BCUT2D eigenvalue weighted by atomic mass is 9.88. The van der Waals surface area contributed by atoms with Crippen molar-refractivity contribution in [1.82, 2.24) is 9.78 Å². The number of Topliss-reactive ketones (excluding diaryl/α,β-unsaturated/α-hetero) is 1. The van der Waals surface area contributed by atoms with Crippen LogP contribution in [0.3, 0.4) is 0 Å². The van der Waals surface area contributed by atoms with Gasteiger partial charge >= 0.3 is 0 Å². The summed E-state index contributed by atoms with van der Waals surface area (Å²) in [5.41, 5.74) is 4.99. The molecule has 0 spiro atoms. The number of nitriles is 1. The van der Waals surface area contributed by atoms with Gasteiger partial charge in [-0.1, -0.05) is 24.3 Å². The number of aryl methyl sites for hydroxylation is 4. The van der Waals surface area contributed by atoms with E-state index < -0.39 is 11.7 Å². The van der Waals surface area contributed by atoms with Gasteiger partial charge in [-0.3, -0.25) is 14.3 Å². The molecule has 1 amide bonds. The Balaban J connectivity index is 1.70. The third-order valence-corrected chi connectivity index (χ3v) is 6.34. The number of aromatic nitrogens is 2. The molecule has 2 aromatic heterocycles. The summed E-state index contributed by atoms with van der Waals surface area (Å²) in [4.78, 5) is 26.4. The molecular formula is C21H18N4O2S. The number of hydrogen-bond acceptors (Lipinski definition) is 5. The number of hydrogen-bond donors (Lipinski definition) is 1. The predicted octanol–water partition coefficient (Wildman–Crippen LogP) is 3.56. The van der Waals surface area contributed by atoms with Gasteiger partial charge in [-0.05, 0) is 37.8 Å². The Morgan fingerprint density at radius 2 is 2.00 bits per heavy atom. The van der Waals surface area contributed by atoms with Crippen LogP contribution in [-0.4, -0.2) is 21.5 Å². The van der Waals surface area contributed by atoms with Crippen LogP contribution in [-0.2, 0) is 24.7 Å². The number of anilines is 1. The largest absolute Gasteiger partial charge is 0.310 e. The Kier molecular flexibility index (Phi) is 4.36. The summed E-state index contributed by atoms with van der Waals surface area (Å²) in [5.74, 6) is -1.39. The Morgan fingerprint density at radius 1 is 1.25 bits per heavy atom. The fraction of sp³-hybridized carbons (Fsp3) is 0.238. The third-order valence-electron chi connectivity index (χ3n) is 5.17. The summed E-state index contributed by atoms with van der Waals surface area (Å²) in [6.07, 6.45) is 1.71. The summed E-state index contributed by atoms with van der Waals surface area (Å²) < 4.78 is 1.58. The molecule has 0 saturated carbocycles. The molecule has 4 rings (SSSR count). The van der Waals surface area contributed by atoms with Crippen LogP contribution in [0.5, 0.6) is 0 Å². The van der Waals surface area contributed by atoms with E-state index in [2.05, 4.69) is 22.6 Å². The van der Waals surface area contributed by atoms with Gasteiger partial charge in [0, 0.05) is 23.2 Å². The second-order valence-corrected chi connectivity index (χ2v) is 7.93. The predicted molar refractivity (Wildman–Crippen MR) is 108 cm³/mol. The number of nitrogens with one attached hydrogen (secondary N) is 1. The minimum absolute atomic E-state index is 0.310. The van der Waals surface area contributed by atoms with Crippen molar-refractivity contribution in [2.24, 2.45) is 7.05 Å². The zero-order chi connectivity index (χ0) is 20.0. The lowest BCUT2D eigenvalue weighted by Crippen LogP contribution is -2.24. The van der Waals surface area contributed by atoms with Crippen molar-refractivity contribution in [3.8, 4) is 17.2 Å². The molecule has 1 aliphatic rings. The Labute approximate surface area is 166 Å². The van der Waals surface area contributed by atoms with E-state index in [9.17, 15) is 14.9 Å². The van der Waals surface area contributed by atoms with Gasteiger partial charge in [0.25, 0.3) is 11.7 Å². The van der Waals surface area contributed by atoms with E-state index in [1.54, 1.807) is 25.6 Å². The van der Waals surface area contributed by atoms with Crippen molar-refractivity contribution in [3.05, 3.63) is 57.2 Å². The van der Waals surface area contributed by atoms with Gasteiger partial charge in [-0.2, -0.15) is 10.4 Å². The Bertz CT molecular complexity index is 1180. The number of amides is 1. The molecule has 1 aromatic carbocycles. The minimum Gasteiger partial charge on any atom is -0.310 e. The summed E-state index contributed by atoms with van der Waals surface area (Å²) >= 11 is 1.38. The maximum atomic E-state index is 12.7. The van der Waals surface area contributed by atoms with Gasteiger partial charge in [-0.25, -0.2) is 0 Å². The van der Waals surface area contributed by atoms with E-state index in [1.807, 2.05) is 18.2 Å². The zero-order valence-electron chi connectivity index (χ0n) is 15.8. The number of benzene rings is 1. The maximum Gasteiger partial charge on any atom is 0.297 e. The quantitative estimate of drug-likeness (QED) is 0.547. The summed E-state index contributed by atoms with van der Waals surface area (Å²) in [6.45, 7) is 3.46. The summed E-state index contributed by atoms with van der Waals surface area (Å²) in [5, 5.41) is 17.1. The van der Waals surface area contributed by atoms with E-state index in [1.165, 1.54) is 16.9 Å². The second kappa shape index (κ2) is 6.73. The molecule has 0 radical (unpaired) electrons. The first-order chi connectivity index (χ1) is 13.4. The van der Waals surface area contributed by atoms with Crippen LogP contribution in [0.1, 0.15) is 37.7 Å². The van der Waals surface area contributed by atoms with Crippen molar-refractivity contribution in [2.45, 2.75) is 26.7 Å². The van der Waals surface area contributed by atoms with E-state index in [-0.39, 0.29) is 0 Å². The molecule has 0 fully saturated rings. The van der Waals surface area contributed by atoms with Crippen LogP contribution in [0.2, 0.25) is 0 Å². The average molecular weight is 390 g/mol. The number of carbonyl (C=O) groups is 2. The molecule has 6 nitrogen and oxygen atoms in total. The van der Waals surface area contributed by atoms with Crippen LogP contribution in [0.4, 0.5) is 5.00 Å². The lowest BCUT2D eigenvalue weighted by molar-refractivity contribution is -0.112. The molecule has 140 valence electrons. The van der Waals surface area contributed by atoms with Crippen LogP contribution in [0, 0.1) is 25.2 Å². The SMILES string of the molecule is Cc1nn(C)c(C)c1C(=O)C(=O)Nc1sc2c(c1C#N)-c1ccccc1CC2. The van der Waals surface area contributed by atoms with E-state index in [4.69, 9.17) is 0 Å². The molecule has 7 heteroatoms. The minimum atomic E-state index is -0.748. The lowest BCUT2D eigenvalue weighted by Gasteiger charge is -2.16. The van der Waals surface area contributed by atoms with Gasteiger partial charge in [0.05, 0.1) is 16.8 Å². The number of nitrogens with zero attached hydrogens (tertiary/aromatic N) is 3. The molecule has 0 atom stereocenters. The smallest absolute Gasteiger partial charge is 0.297 e. The summed E-state index contributed by atoms with van der Waals surface area (Å²) in [7, 11) is 1.73. The standard InChI is InChI=1S/C21H18N4O2S/c1-11-17(12(2)25(3)24-11)19(26)20(27)23-21-15(10-22)18-14-7-5-4-6-13(14)8-9-16(18)28-21/h4-7H,8-9H2,1-3H3,(H,23,27). The molecule has 0 bridgehead atoms. The van der Waals surface area contributed by atoms with E-state index in [0.29, 0.717) is 27.5 Å². The van der Waals surface area contributed by atoms with Crippen LogP contribution < -0.4 is 5.32 Å². The first-order valence-electron chi connectivity index (χ1n) is 8.92. The number of ketones is 1. The molecular weight excluding hydrogens is 372 g/mol. The van der Waals surface area contributed by atoms with Gasteiger partial charge in [0.1, 0.15) is 11.1 Å². The molecule has 0 unspecified atom stereocenters. The Morgan fingerprint density at radius 3 is 2.68 bits per heavy atom. The normalized spacial score (nSPS) is 12.1. The molecule has 0 saturated heterocycles. The van der Waals surface area contributed by atoms with Crippen LogP contribution >= 0.6 is 11.3 Å². The number of rotatable bonds is 3. The fourth-order valence-corrected chi connectivity index (χ4v) is 4.90. The first-order valence-corrected chi connectivity index (χ1v) is 9.74. The highest BCUT2D eigenvalue weighted by Crippen LogP contribution is 2.44. The second-order valence-electron chi connectivity index (χ2n) is 6.83. The van der Waals surface area contributed by atoms with Crippen molar-refractivity contribution in [1.29, 1.82) is 5.26 Å². The maximum absolute atomic E-state index is 12.7. The highest BCUT2D eigenvalue weighted by Gasteiger charge is 2.28. The van der Waals surface area contributed by atoms with Crippen molar-refractivity contribution < 1.29 is 9.59 Å². The third kappa shape index (κ3) is 2.74. The fourth-order valence-electron chi connectivity index (χ4n) is 3.74. The molecule has 3 aromatic rings. The van der Waals surface area contributed by atoms with Gasteiger partial charge in [0.15, 0.2) is 0 Å². The zero-order valence-corrected chi connectivity index (χ0v) is 16.6. The van der Waals surface area contributed by atoms with E-state index in [0.717, 1.165) is 28.8 Å². The van der Waals surface area contributed by atoms with Gasteiger partial charge < -0.3 is 5.32 Å². The molecule has 1 aliphatic carbocycles. The number of fused-ring (bicyclic) bond motifs is 3. The monoisotopic (exact) mass is 390 g/mol. The number of thiophene rings is 1. The Hall–Kier alpha value is -3.24.